The van der Waals surface area contributed by atoms with E-state index >= 15 is 0 Å². The molecule has 0 fully saturated rings. The molecule has 94 valence electrons. The average molecular weight is 249 g/mol. The van der Waals surface area contributed by atoms with Crippen LogP contribution in [0, 0.1) is 0 Å². The van der Waals surface area contributed by atoms with E-state index in [-0.39, 0.29) is 0 Å². The van der Waals surface area contributed by atoms with Gasteiger partial charge in [-0.2, -0.15) is 13.9 Å². The molecule has 0 radical (unpaired) electrons. The number of pyridine rings is 1. The van der Waals surface area contributed by atoms with E-state index in [9.17, 15) is 8.78 Å². The fourth-order valence-electron chi connectivity index (χ4n) is 2.31. The molecule has 0 N–H and O–H groups in total. The molecule has 0 saturated heterocycles. The van der Waals surface area contributed by atoms with E-state index in [4.69, 9.17) is 0 Å². The first kappa shape index (κ1) is 11.3. The predicted molar refractivity (Wildman–Crippen MR) is 63.4 cm³/mol. The smallest absolute Gasteiger partial charge is 0.251 e. The second kappa shape index (κ2) is 4.48. The van der Waals surface area contributed by atoms with Crippen molar-refractivity contribution in [1.29, 1.82) is 0 Å². The van der Waals surface area contributed by atoms with Crippen molar-refractivity contribution in [2.24, 2.45) is 0 Å². The Balaban J connectivity index is 1.95. The summed E-state index contributed by atoms with van der Waals surface area (Å²) in [5.74, 6) is 0. The summed E-state index contributed by atoms with van der Waals surface area (Å²) in [4.78, 5) is 4.54. The van der Waals surface area contributed by atoms with Crippen LogP contribution in [-0.4, -0.2) is 14.8 Å². The summed E-state index contributed by atoms with van der Waals surface area (Å²) in [6.45, 7) is -2.60. The van der Waals surface area contributed by atoms with Gasteiger partial charge in [0, 0.05) is 11.9 Å². The molecule has 0 bridgehead atoms. The maximum absolute atomic E-state index is 12.4. The lowest BCUT2D eigenvalue weighted by Gasteiger charge is -2.14. The fourth-order valence-corrected chi connectivity index (χ4v) is 2.31. The molecule has 0 atom stereocenters. The molecular formula is C13H13F2N3. The monoisotopic (exact) mass is 249 g/mol. The summed E-state index contributed by atoms with van der Waals surface area (Å²) in [5, 5.41) is 3.83. The summed E-state index contributed by atoms with van der Waals surface area (Å²) in [6.07, 6.45) is 5.66. The van der Waals surface area contributed by atoms with Crippen molar-refractivity contribution in [1.82, 2.24) is 14.8 Å². The Bertz CT molecular complexity index is 563. The first-order chi connectivity index (χ1) is 8.74. The molecule has 0 unspecified atom stereocenters. The summed E-state index contributed by atoms with van der Waals surface area (Å²) in [6, 6.07) is 5.48. The normalized spacial score (nSPS) is 14.8. The molecular weight excluding hydrogens is 236 g/mol. The first-order valence-corrected chi connectivity index (χ1v) is 6.06. The quantitative estimate of drug-likeness (QED) is 0.818. The topological polar surface area (TPSA) is 30.7 Å². The van der Waals surface area contributed by atoms with Crippen LogP contribution in [0.1, 0.15) is 30.6 Å². The van der Waals surface area contributed by atoms with Gasteiger partial charge >= 0.3 is 6.55 Å². The third-order valence-electron chi connectivity index (χ3n) is 3.25. The fraction of sp³-hybridized carbons (Fsp3) is 0.385. The van der Waals surface area contributed by atoms with Gasteiger partial charge in [0.1, 0.15) is 5.69 Å². The van der Waals surface area contributed by atoms with Gasteiger partial charge < -0.3 is 0 Å². The first-order valence-electron chi connectivity index (χ1n) is 6.06. The average Bonchev–Trinajstić information content (AvgIpc) is 2.88. The molecule has 2 aromatic rings. The van der Waals surface area contributed by atoms with Crippen LogP contribution in [0.2, 0.25) is 0 Å². The predicted octanol–water partition coefficient (Wildman–Crippen LogP) is 3.22. The molecule has 2 aromatic heterocycles. The zero-order chi connectivity index (χ0) is 12.5. The number of halogens is 2. The number of rotatable bonds is 2. The van der Waals surface area contributed by atoms with Gasteiger partial charge in [-0.1, -0.05) is 6.07 Å². The summed E-state index contributed by atoms with van der Waals surface area (Å²) in [5.41, 5.74) is 3.54. The number of fused-ring (bicyclic) bond motifs is 1. The van der Waals surface area contributed by atoms with E-state index < -0.39 is 6.55 Å². The Morgan fingerprint density at radius 1 is 1.06 bits per heavy atom. The van der Waals surface area contributed by atoms with Crippen LogP contribution in [0.4, 0.5) is 8.78 Å². The van der Waals surface area contributed by atoms with E-state index in [0.717, 1.165) is 25.0 Å². The van der Waals surface area contributed by atoms with Crippen LogP contribution in [0.5, 0.6) is 0 Å². The van der Waals surface area contributed by atoms with Gasteiger partial charge in [0.2, 0.25) is 0 Å². The highest BCUT2D eigenvalue weighted by Crippen LogP contribution is 2.24. The van der Waals surface area contributed by atoms with Crippen LogP contribution in [0.25, 0.3) is 11.4 Å². The van der Waals surface area contributed by atoms with Crippen molar-refractivity contribution in [2.45, 2.75) is 32.2 Å². The molecule has 3 rings (SSSR count). The number of nitrogens with zero attached hydrogens (tertiary/aromatic N) is 3. The van der Waals surface area contributed by atoms with Gasteiger partial charge in [0.15, 0.2) is 0 Å². The lowest BCUT2D eigenvalue weighted by Crippen LogP contribution is -2.06. The molecule has 0 saturated carbocycles. The molecule has 1 aliphatic carbocycles. The Morgan fingerprint density at radius 3 is 2.67 bits per heavy atom. The molecule has 5 heteroatoms. The van der Waals surface area contributed by atoms with Crippen LogP contribution in [0.15, 0.2) is 24.4 Å². The minimum absolute atomic E-state index is 0.503. The van der Waals surface area contributed by atoms with Gasteiger partial charge in [-0.3, -0.25) is 4.98 Å². The lowest BCUT2D eigenvalue weighted by molar-refractivity contribution is 0.0568. The maximum Gasteiger partial charge on any atom is 0.333 e. The highest BCUT2D eigenvalue weighted by Gasteiger charge is 2.14. The Morgan fingerprint density at radius 2 is 1.89 bits per heavy atom. The van der Waals surface area contributed by atoms with Gasteiger partial charge in [-0.25, -0.2) is 4.68 Å². The van der Waals surface area contributed by atoms with Gasteiger partial charge in [0.05, 0.1) is 5.69 Å². The number of hydrogen-bond acceptors (Lipinski definition) is 2. The van der Waals surface area contributed by atoms with Crippen molar-refractivity contribution < 1.29 is 8.78 Å². The number of aromatic nitrogens is 3. The second-order valence-electron chi connectivity index (χ2n) is 4.47. The second-order valence-corrected chi connectivity index (χ2v) is 4.47. The minimum atomic E-state index is -2.60. The van der Waals surface area contributed by atoms with Gasteiger partial charge in [-0.05, 0) is 43.4 Å². The highest BCUT2D eigenvalue weighted by atomic mass is 19.3. The highest BCUT2D eigenvalue weighted by molar-refractivity contribution is 5.54. The van der Waals surface area contributed by atoms with Crippen LogP contribution < -0.4 is 0 Å². The van der Waals surface area contributed by atoms with E-state index in [0.29, 0.717) is 16.1 Å². The number of aryl methyl sites for hydroxylation is 2. The van der Waals surface area contributed by atoms with Crippen molar-refractivity contribution in [2.75, 3.05) is 0 Å². The Hall–Kier alpha value is -1.78. The maximum atomic E-state index is 12.4. The third kappa shape index (κ3) is 2.00. The summed E-state index contributed by atoms with van der Waals surface area (Å²) < 4.78 is 25.5. The van der Waals surface area contributed by atoms with Crippen LogP contribution in [-0.2, 0) is 12.8 Å². The zero-order valence-corrected chi connectivity index (χ0v) is 9.81. The number of hydrogen-bond donors (Lipinski definition) is 0. The molecule has 0 aliphatic heterocycles. The molecule has 0 spiro atoms. The Kier molecular flexibility index (Phi) is 2.81. The summed E-state index contributed by atoms with van der Waals surface area (Å²) >= 11 is 0. The summed E-state index contributed by atoms with van der Waals surface area (Å²) in [7, 11) is 0. The van der Waals surface area contributed by atoms with Crippen LogP contribution >= 0.6 is 0 Å². The van der Waals surface area contributed by atoms with E-state index in [2.05, 4.69) is 10.1 Å². The van der Waals surface area contributed by atoms with Gasteiger partial charge in [-0.15, -0.1) is 0 Å². The van der Waals surface area contributed by atoms with Crippen molar-refractivity contribution in [3.8, 4) is 11.4 Å². The minimum Gasteiger partial charge on any atom is -0.251 e. The van der Waals surface area contributed by atoms with Crippen molar-refractivity contribution in [3.63, 3.8) is 0 Å². The largest absolute Gasteiger partial charge is 0.333 e. The van der Waals surface area contributed by atoms with E-state index in [1.165, 1.54) is 18.2 Å². The van der Waals surface area contributed by atoms with Gasteiger partial charge in [0.25, 0.3) is 0 Å². The standard InChI is InChI=1S/C13H13F2N3/c14-13(15)18-8-7-12(17-18)11-6-5-9-3-1-2-4-10(9)16-11/h5-8,13H,1-4H2. The Labute approximate surface area is 103 Å². The molecule has 0 amide bonds. The van der Waals surface area contributed by atoms with Crippen molar-refractivity contribution in [3.05, 3.63) is 35.7 Å². The molecule has 3 nitrogen and oxygen atoms in total. The van der Waals surface area contributed by atoms with E-state index in [1.54, 1.807) is 6.07 Å². The van der Waals surface area contributed by atoms with E-state index in [1.807, 2.05) is 12.1 Å². The van der Waals surface area contributed by atoms with Crippen molar-refractivity contribution >= 4 is 0 Å². The molecule has 2 heterocycles. The SMILES string of the molecule is FC(F)n1ccc(-c2ccc3c(n2)CCCC3)n1. The zero-order valence-electron chi connectivity index (χ0n) is 9.81. The number of alkyl halides is 2. The molecule has 0 aromatic carbocycles. The lowest BCUT2D eigenvalue weighted by atomic mass is 9.96. The molecule has 18 heavy (non-hydrogen) atoms. The van der Waals surface area contributed by atoms with Crippen LogP contribution in [0.3, 0.4) is 0 Å². The third-order valence-corrected chi connectivity index (χ3v) is 3.25. The molecule has 1 aliphatic rings.